The molecule has 0 aliphatic carbocycles. The number of amides is 1. The van der Waals surface area contributed by atoms with Crippen molar-refractivity contribution in [1.29, 1.82) is 0 Å². The standard InChI is InChI=1S/C15H20BrNO3/c1-4-8-20-15(19)12-9-11(16)6-7-13(12)17-14(18)10(3)5-2/h6-7,9-10H,4-5,8H2,1-3H3,(H,17,18)/t10-/m0/s1. The van der Waals surface area contributed by atoms with Crippen molar-refractivity contribution in [2.45, 2.75) is 33.6 Å². The second-order valence-electron chi connectivity index (χ2n) is 4.62. The first kappa shape index (κ1) is 16.7. The Bertz CT molecular complexity index is 488. The molecule has 1 aromatic rings. The lowest BCUT2D eigenvalue weighted by molar-refractivity contribution is -0.119. The van der Waals surface area contributed by atoms with Gasteiger partial charge in [-0.15, -0.1) is 0 Å². The van der Waals surface area contributed by atoms with Gasteiger partial charge in [0.05, 0.1) is 17.9 Å². The molecule has 0 saturated carbocycles. The molecule has 110 valence electrons. The molecule has 1 N–H and O–H groups in total. The molecule has 0 aromatic heterocycles. The Kier molecular flexibility index (Phi) is 6.71. The molecule has 0 saturated heterocycles. The van der Waals surface area contributed by atoms with Crippen molar-refractivity contribution in [3.8, 4) is 0 Å². The van der Waals surface area contributed by atoms with E-state index in [2.05, 4.69) is 21.2 Å². The summed E-state index contributed by atoms with van der Waals surface area (Å²) in [6, 6.07) is 5.14. The summed E-state index contributed by atoms with van der Waals surface area (Å²) in [5.41, 5.74) is 0.851. The molecule has 1 atom stereocenters. The van der Waals surface area contributed by atoms with E-state index in [0.717, 1.165) is 17.3 Å². The van der Waals surface area contributed by atoms with Gasteiger partial charge in [0.2, 0.25) is 5.91 Å². The van der Waals surface area contributed by atoms with Crippen LogP contribution in [0.1, 0.15) is 44.0 Å². The van der Waals surface area contributed by atoms with Crippen LogP contribution in [0.4, 0.5) is 5.69 Å². The molecule has 0 bridgehead atoms. The highest BCUT2D eigenvalue weighted by Crippen LogP contribution is 2.23. The summed E-state index contributed by atoms with van der Waals surface area (Å²) in [5, 5.41) is 2.79. The maximum Gasteiger partial charge on any atom is 0.340 e. The molecular weight excluding hydrogens is 322 g/mol. The van der Waals surface area contributed by atoms with E-state index in [1.54, 1.807) is 18.2 Å². The van der Waals surface area contributed by atoms with Crippen LogP contribution in [0.3, 0.4) is 0 Å². The van der Waals surface area contributed by atoms with Crippen LogP contribution in [0.5, 0.6) is 0 Å². The van der Waals surface area contributed by atoms with Gasteiger partial charge >= 0.3 is 5.97 Å². The van der Waals surface area contributed by atoms with E-state index < -0.39 is 5.97 Å². The van der Waals surface area contributed by atoms with Gasteiger partial charge in [0.15, 0.2) is 0 Å². The fourth-order valence-electron chi connectivity index (χ4n) is 1.51. The zero-order valence-corrected chi connectivity index (χ0v) is 13.6. The largest absolute Gasteiger partial charge is 0.462 e. The molecule has 5 heteroatoms. The Balaban J connectivity index is 2.95. The minimum Gasteiger partial charge on any atom is -0.462 e. The molecule has 0 spiro atoms. The normalized spacial score (nSPS) is 11.8. The summed E-state index contributed by atoms with van der Waals surface area (Å²) in [5.74, 6) is -0.620. The molecule has 0 aliphatic rings. The quantitative estimate of drug-likeness (QED) is 0.795. The average Bonchev–Trinajstić information content (AvgIpc) is 2.45. The van der Waals surface area contributed by atoms with Gasteiger partial charge < -0.3 is 10.1 Å². The van der Waals surface area contributed by atoms with Crippen molar-refractivity contribution < 1.29 is 14.3 Å². The van der Waals surface area contributed by atoms with Crippen LogP contribution in [-0.4, -0.2) is 18.5 Å². The van der Waals surface area contributed by atoms with Crippen LogP contribution in [-0.2, 0) is 9.53 Å². The average molecular weight is 342 g/mol. The third kappa shape index (κ3) is 4.63. The summed E-state index contributed by atoms with van der Waals surface area (Å²) in [6.45, 7) is 6.09. The maximum absolute atomic E-state index is 12.0. The van der Waals surface area contributed by atoms with Gasteiger partial charge in [-0.2, -0.15) is 0 Å². The number of anilines is 1. The highest BCUT2D eigenvalue weighted by Gasteiger charge is 2.17. The molecule has 20 heavy (non-hydrogen) atoms. The monoisotopic (exact) mass is 341 g/mol. The molecule has 0 aliphatic heterocycles. The first-order valence-corrected chi connectivity index (χ1v) is 7.56. The number of halogens is 1. The van der Waals surface area contributed by atoms with Crippen molar-refractivity contribution in [2.75, 3.05) is 11.9 Å². The summed E-state index contributed by atoms with van der Waals surface area (Å²) >= 11 is 3.32. The van der Waals surface area contributed by atoms with E-state index in [4.69, 9.17) is 4.74 Å². The Hall–Kier alpha value is -1.36. The lowest BCUT2D eigenvalue weighted by atomic mass is 10.1. The van der Waals surface area contributed by atoms with Crippen LogP contribution in [0.15, 0.2) is 22.7 Å². The number of hydrogen-bond donors (Lipinski definition) is 1. The number of ether oxygens (including phenoxy) is 1. The van der Waals surface area contributed by atoms with Gasteiger partial charge in [-0.25, -0.2) is 4.79 Å². The summed E-state index contributed by atoms with van der Waals surface area (Å²) in [7, 11) is 0. The van der Waals surface area contributed by atoms with E-state index >= 15 is 0 Å². The van der Waals surface area contributed by atoms with Crippen LogP contribution < -0.4 is 5.32 Å². The third-order valence-electron chi connectivity index (χ3n) is 2.96. The summed E-state index contributed by atoms with van der Waals surface area (Å²) in [6.07, 6.45) is 1.51. The maximum atomic E-state index is 12.0. The molecule has 4 nitrogen and oxygen atoms in total. The van der Waals surface area contributed by atoms with Crippen molar-refractivity contribution in [2.24, 2.45) is 5.92 Å². The van der Waals surface area contributed by atoms with E-state index in [-0.39, 0.29) is 11.8 Å². The van der Waals surface area contributed by atoms with E-state index in [1.165, 1.54) is 0 Å². The lowest BCUT2D eigenvalue weighted by Gasteiger charge is -2.13. The van der Waals surface area contributed by atoms with Crippen LogP contribution >= 0.6 is 15.9 Å². The number of carbonyl (C=O) groups is 2. The van der Waals surface area contributed by atoms with Crippen LogP contribution in [0, 0.1) is 5.92 Å². The zero-order valence-electron chi connectivity index (χ0n) is 12.0. The van der Waals surface area contributed by atoms with Gasteiger partial charge in [-0.1, -0.05) is 36.7 Å². The van der Waals surface area contributed by atoms with Crippen LogP contribution in [0.2, 0.25) is 0 Å². The number of esters is 1. The molecular formula is C15H20BrNO3. The Labute approximate surface area is 128 Å². The van der Waals surface area contributed by atoms with Crippen molar-refractivity contribution in [3.05, 3.63) is 28.2 Å². The van der Waals surface area contributed by atoms with E-state index in [1.807, 2.05) is 20.8 Å². The van der Waals surface area contributed by atoms with Gasteiger partial charge in [0, 0.05) is 10.4 Å². The fraction of sp³-hybridized carbons (Fsp3) is 0.467. The van der Waals surface area contributed by atoms with Crippen molar-refractivity contribution >= 4 is 33.5 Å². The Morgan fingerprint density at radius 1 is 1.35 bits per heavy atom. The molecule has 1 aromatic carbocycles. The fourth-order valence-corrected chi connectivity index (χ4v) is 1.87. The van der Waals surface area contributed by atoms with Crippen LogP contribution in [0.25, 0.3) is 0 Å². The van der Waals surface area contributed by atoms with Gasteiger partial charge in [-0.05, 0) is 31.0 Å². The first-order valence-electron chi connectivity index (χ1n) is 6.77. The molecule has 0 unspecified atom stereocenters. The molecule has 0 heterocycles. The minimum absolute atomic E-state index is 0.0978. The minimum atomic E-state index is -0.424. The summed E-state index contributed by atoms with van der Waals surface area (Å²) < 4.78 is 5.90. The SMILES string of the molecule is CCCOC(=O)c1cc(Br)ccc1NC(=O)[C@@H](C)CC. The predicted octanol–water partition coefficient (Wildman–Crippen LogP) is 4.00. The second kappa shape index (κ2) is 8.04. The topological polar surface area (TPSA) is 55.4 Å². The van der Waals surface area contributed by atoms with Gasteiger partial charge in [-0.3, -0.25) is 4.79 Å². The zero-order chi connectivity index (χ0) is 15.1. The highest BCUT2D eigenvalue weighted by atomic mass is 79.9. The van der Waals surface area contributed by atoms with E-state index in [9.17, 15) is 9.59 Å². The first-order chi connectivity index (χ1) is 9.49. The predicted molar refractivity (Wildman–Crippen MR) is 82.8 cm³/mol. The summed E-state index contributed by atoms with van der Waals surface area (Å²) in [4.78, 5) is 23.9. The highest BCUT2D eigenvalue weighted by molar-refractivity contribution is 9.10. The molecule has 1 amide bonds. The second-order valence-corrected chi connectivity index (χ2v) is 5.54. The number of benzene rings is 1. The number of hydrogen-bond acceptors (Lipinski definition) is 3. The van der Waals surface area contributed by atoms with Crippen molar-refractivity contribution in [3.63, 3.8) is 0 Å². The number of rotatable bonds is 6. The molecule has 1 rings (SSSR count). The smallest absolute Gasteiger partial charge is 0.340 e. The number of carbonyl (C=O) groups excluding carboxylic acids is 2. The van der Waals surface area contributed by atoms with Gasteiger partial charge in [0.1, 0.15) is 0 Å². The number of nitrogens with one attached hydrogen (secondary N) is 1. The Morgan fingerprint density at radius 2 is 2.05 bits per heavy atom. The van der Waals surface area contributed by atoms with Crippen molar-refractivity contribution in [1.82, 2.24) is 0 Å². The Morgan fingerprint density at radius 3 is 2.65 bits per heavy atom. The third-order valence-corrected chi connectivity index (χ3v) is 3.45. The molecule has 0 fully saturated rings. The lowest BCUT2D eigenvalue weighted by Crippen LogP contribution is -2.21. The van der Waals surface area contributed by atoms with E-state index in [0.29, 0.717) is 17.9 Å². The molecule has 0 radical (unpaired) electrons. The van der Waals surface area contributed by atoms with Gasteiger partial charge in [0.25, 0.3) is 0 Å².